The highest BCUT2D eigenvalue weighted by Crippen LogP contribution is 2.42. The average molecular weight is 412 g/mol. The number of carbonyl (C=O) groups is 1. The second-order valence-corrected chi connectivity index (χ2v) is 7.55. The van der Waals surface area contributed by atoms with E-state index in [4.69, 9.17) is 11.6 Å². The van der Waals surface area contributed by atoms with Crippen LogP contribution in [0.25, 0.3) is 0 Å². The van der Waals surface area contributed by atoms with Crippen LogP contribution in [0.1, 0.15) is 53.3 Å². The van der Waals surface area contributed by atoms with Gasteiger partial charge in [-0.15, -0.1) is 0 Å². The van der Waals surface area contributed by atoms with E-state index < -0.39 is 17.6 Å². The number of aryl methyl sites for hydroxylation is 1. The smallest absolute Gasteiger partial charge is 0.252 e. The lowest BCUT2D eigenvalue weighted by atomic mass is 9.76. The number of hydrogen-bond donors (Lipinski definition) is 1. The van der Waals surface area contributed by atoms with E-state index in [0.29, 0.717) is 18.7 Å². The van der Waals surface area contributed by atoms with Crippen LogP contribution in [-0.2, 0) is 0 Å². The van der Waals surface area contributed by atoms with E-state index in [-0.39, 0.29) is 41.8 Å². The Bertz CT molecular complexity index is 835. The third-order valence-corrected chi connectivity index (χ3v) is 5.62. The molecule has 0 saturated heterocycles. The lowest BCUT2D eigenvalue weighted by Gasteiger charge is -2.34. The molecule has 150 valence electrons. The van der Waals surface area contributed by atoms with E-state index in [9.17, 15) is 18.0 Å². The maximum absolute atomic E-state index is 13.6. The Morgan fingerprint density at radius 1 is 1.29 bits per heavy atom. The van der Waals surface area contributed by atoms with Gasteiger partial charge in [-0.3, -0.25) is 4.79 Å². The molecule has 1 atom stereocenters. The summed E-state index contributed by atoms with van der Waals surface area (Å²) in [5.41, 5.74) is 0.821. The molecular formula is C20H21ClF3N3O. The van der Waals surface area contributed by atoms with Gasteiger partial charge in [0.15, 0.2) is 0 Å². The molecule has 1 fully saturated rings. The minimum atomic E-state index is -2.64. The van der Waals surface area contributed by atoms with Crippen LogP contribution in [0.3, 0.4) is 0 Å². The van der Waals surface area contributed by atoms with Crippen molar-refractivity contribution < 1.29 is 18.0 Å². The Balaban J connectivity index is 1.76. The van der Waals surface area contributed by atoms with Crippen molar-refractivity contribution >= 4 is 17.5 Å². The number of benzene rings is 1. The van der Waals surface area contributed by atoms with Crippen molar-refractivity contribution in [3.8, 4) is 0 Å². The molecule has 1 aromatic carbocycles. The van der Waals surface area contributed by atoms with Crippen LogP contribution < -0.4 is 5.32 Å². The van der Waals surface area contributed by atoms with Gasteiger partial charge in [0, 0.05) is 37.7 Å². The summed E-state index contributed by atoms with van der Waals surface area (Å²) in [7, 11) is 0. The van der Waals surface area contributed by atoms with Gasteiger partial charge in [-0.05, 0) is 43.4 Å². The van der Waals surface area contributed by atoms with Crippen molar-refractivity contribution in [2.75, 3.05) is 6.54 Å². The van der Waals surface area contributed by atoms with Gasteiger partial charge in [-0.25, -0.2) is 23.1 Å². The lowest BCUT2D eigenvalue weighted by molar-refractivity contribution is -0.0485. The first-order chi connectivity index (χ1) is 13.3. The zero-order chi connectivity index (χ0) is 20.3. The van der Waals surface area contributed by atoms with Gasteiger partial charge >= 0.3 is 0 Å². The van der Waals surface area contributed by atoms with E-state index >= 15 is 0 Å². The fraction of sp³-hybridized carbons (Fsp3) is 0.450. The molecule has 0 bridgehead atoms. The Labute approximate surface area is 166 Å². The van der Waals surface area contributed by atoms with Gasteiger partial charge in [0.1, 0.15) is 11.6 Å². The molecule has 4 nitrogen and oxygen atoms in total. The highest BCUT2D eigenvalue weighted by molar-refractivity contribution is 6.34. The van der Waals surface area contributed by atoms with E-state index in [2.05, 4.69) is 15.3 Å². The predicted octanol–water partition coefficient (Wildman–Crippen LogP) is 4.92. The summed E-state index contributed by atoms with van der Waals surface area (Å²) in [5, 5.41) is 2.52. The molecule has 1 N–H and O–H groups in total. The number of aromatic nitrogens is 2. The van der Waals surface area contributed by atoms with Crippen LogP contribution in [0.4, 0.5) is 13.2 Å². The van der Waals surface area contributed by atoms with E-state index in [1.807, 2.05) is 0 Å². The molecule has 8 heteroatoms. The van der Waals surface area contributed by atoms with Crippen molar-refractivity contribution in [2.45, 2.75) is 44.4 Å². The van der Waals surface area contributed by atoms with Crippen LogP contribution in [0.5, 0.6) is 0 Å². The summed E-state index contributed by atoms with van der Waals surface area (Å²) in [4.78, 5) is 20.9. The molecule has 2 aromatic rings. The molecule has 1 aliphatic carbocycles. The summed E-state index contributed by atoms with van der Waals surface area (Å²) < 4.78 is 40.7. The first kappa shape index (κ1) is 20.6. The Kier molecular flexibility index (Phi) is 6.23. The number of halogens is 4. The van der Waals surface area contributed by atoms with Gasteiger partial charge in [0.25, 0.3) is 5.91 Å². The second-order valence-electron chi connectivity index (χ2n) is 7.17. The number of nitrogens with one attached hydrogen (secondary N) is 1. The molecule has 1 amide bonds. The summed E-state index contributed by atoms with van der Waals surface area (Å²) in [6, 6.07) is 4.02. The molecule has 0 spiro atoms. The van der Waals surface area contributed by atoms with Crippen molar-refractivity contribution in [1.82, 2.24) is 15.3 Å². The van der Waals surface area contributed by atoms with Crippen LogP contribution in [0.2, 0.25) is 5.02 Å². The largest absolute Gasteiger partial charge is 0.351 e. The Morgan fingerprint density at radius 2 is 1.93 bits per heavy atom. The Morgan fingerprint density at radius 3 is 2.57 bits per heavy atom. The monoisotopic (exact) mass is 411 g/mol. The maximum atomic E-state index is 13.6. The molecule has 3 rings (SSSR count). The number of rotatable bonds is 5. The fourth-order valence-corrected chi connectivity index (χ4v) is 3.80. The summed E-state index contributed by atoms with van der Waals surface area (Å²) in [6.07, 6.45) is 3.68. The van der Waals surface area contributed by atoms with Gasteiger partial charge < -0.3 is 5.32 Å². The first-order valence-electron chi connectivity index (χ1n) is 9.15. The summed E-state index contributed by atoms with van der Waals surface area (Å²) in [5.74, 6) is -3.46. The van der Waals surface area contributed by atoms with Crippen LogP contribution >= 0.6 is 11.6 Å². The van der Waals surface area contributed by atoms with Crippen molar-refractivity contribution in [3.63, 3.8) is 0 Å². The highest BCUT2D eigenvalue weighted by atomic mass is 35.5. The topological polar surface area (TPSA) is 54.9 Å². The summed E-state index contributed by atoms with van der Waals surface area (Å²) >= 11 is 5.88. The molecule has 28 heavy (non-hydrogen) atoms. The van der Waals surface area contributed by atoms with Crippen LogP contribution in [0, 0.1) is 18.7 Å². The van der Waals surface area contributed by atoms with Crippen LogP contribution in [-0.4, -0.2) is 28.3 Å². The van der Waals surface area contributed by atoms with Crippen molar-refractivity contribution in [3.05, 3.63) is 58.4 Å². The van der Waals surface area contributed by atoms with E-state index in [1.165, 1.54) is 18.2 Å². The molecule has 1 aromatic heterocycles. The number of nitrogens with zero attached hydrogens (tertiary/aromatic N) is 2. The normalized spacial score (nSPS) is 17.9. The van der Waals surface area contributed by atoms with Gasteiger partial charge in [0.05, 0.1) is 10.6 Å². The first-order valence-corrected chi connectivity index (χ1v) is 9.53. The van der Waals surface area contributed by atoms with Gasteiger partial charge in [-0.2, -0.15) is 0 Å². The molecule has 0 radical (unpaired) electrons. The number of amides is 1. The molecule has 1 unspecified atom stereocenters. The third-order valence-electron chi connectivity index (χ3n) is 5.24. The second kappa shape index (κ2) is 8.47. The third kappa shape index (κ3) is 4.82. The highest BCUT2D eigenvalue weighted by Gasteiger charge is 2.38. The maximum Gasteiger partial charge on any atom is 0.252 e. The molecular weight excluding hydrogens is 391 g/mol. The summed E-state index contributed by atoms with van der Waals surface area (Å²) in [6.45, 7) is 1.96. The average Bonchev–Trinajstić information content (AvgIpc) is 2.66. The molecule has 1 aliphatic rings. The van der Waals surface area contributed by atoms with Crippen molar-refractivity contribution in [2.24, 2.45) is 5.92 Å². The zero-order valence-electron chi connectivity index (χ0n) is 15.4. The van der Waals surface area contributed by atoms with Crippen molar-refractivity contribution in [1.29, 1.82) is 0 Å². The quantitative estimate of drug-likeness (QED) is 0.760. The predicted molar refractivity (Wildman–Crippen MR) is 100 cm³/mol. The minimum Gasteiger partial charge on any atom is -0.351 e. The molecule has 1 saturated carbocycles. The number of alkyl halides is 2. The zero-order valence-corrected chi connectivity index (χ0v) is 16.1. The number of hydrogen-bond acceptors (Lipinski definition) is 3. The molecule has 0 aliphatic heterocycles. The minimum absolute atomic E-state index is 0.0331. The lowest BCUT2D eigenvalue weighted by Crippen LogP contribution is -2.35. The SMILES string of the molecule is Cc1ncc(C(CNC(=O)c2cccc(F)c2Cl)C2CCC(F)(F)CC2)cn1. The van der Waals surface area contributed by atoms with Gasteiger partial charge in [0.2, 0.25) is 5.92 Å². The number of carbonyl (C=O) groups excluding carboxylic acids is 1. The van der Waals surface area contributed by atoms with Crippen LogP contribution in [0.15, 0.2) is 30.6 Å². The van der Waals surface area contributed by atoms with E-state index in [1.54, 1.807) is 19.3 Å². The Hall–Kier alpha value is -2.15. The van der Waals surface area contributed by atoms with E-state index in [0.717, 1.165) is 5.56 Å². The molecule has 1 heterocycles. The fourth-order valence-electron chi connectivity index (χ4n) is 3.59. The standard InChI is InChI=1S/C20H21ClF3N3O/c1-12-25-9-14(10-26-12)16(13-5-7-20(23,24)8-6-13)11-27-19(28)15-3-2-4-17(22)18(15)21/h2-4,9-10,13,16H,5-8,11H2,1H3,(H,27,28). The van der Waals surface area contributed by atoms with Gasteiger partial charge in [-0.1, -0.05) is 17.7 Å².